The van der Waals surface area contributed by atoms with E-state index in [2.05, 4.69) is 19.2 Å². The molecule has 0 unspecified atom stereocenters. The van der Waals surface area contributed by atoms with Gasteiger partial charge in [-0.3, -0.25) is 14.9 Å². The normalized spacial score (nSPS) is 18.1. The Hall–Kier alpha value is -2.61. The van der Waals surface area contributed by atoms with Crippen LogP contribution in [0.4, 0.5) is 0 Å². The van der Waals surface area contributed by atoms with Crippen molar-refractivity contribution >= 4 is 17.2 Å². The molecule has 0 bridgehead atoms. The van der Waals surface area contributed by atoms with Crippen molar-refractivity contribution in [3.63, 3.8) is 0 Å². The first-order chi connectivity index (χ1) is 15.4. The summed E-state index contributed by atoms with van der Waals surface area (Å²) in [5.74, 6) is 0.813. The van der Waals surface area contributed by atoms with E-state index in [9.17, 15) is 14.9 Å². The molecule has 1 aliphatic carbocycles. The number of nitro groups is 1. The van der Waals surface area contributed by atoms with E-state index in [1.807, 2.05) is 39.0 Å². The number of rotatable bonds is 7. The van der Waals surface area contributed by atoms with Crippen molar-refractivity contribution in [2.45, 2.75) is 71.4 Å². The summed E-state index contributed by atoms with van der Waals surface area (Å²) < 4.78 is 11.0. The van der Waals surface area contributed by atoms with Crippen LogP contribution in [0.15, 0.2) is 18.2 Å². The van der Waals surface area contributed by atoms with Gasteiger partial charge in [0.25, 0.3) is 5.91 Å². The molecular formula is C25H34N2O5S. The van der Waals surface area contributed by atoms with Crippen LogP contribution in [0.2, 0.25) is 0 Å². The van der Waals surface area contributed by atoms with Crippen molar-refractivity contribution in [3.05, 3.63) is 54.8 Å². The first kappa shape index (κ1) is 25.0. The number of carbonyl (C=O) groups is 1. The lowest BCUT2D eigenvalue weighted by atomic mass is 9.75. The van der Waals surface area contributed by atoms with Crippen LogP contribution in [0.3, 0.4) is 0 Å². The summed E-state index contributed by atoms with van der Waals surface area (Å²) in [7, 11) is 3.14. The molecule has 0 saturated heterocycles. The lowest BCUT2D eigenvalue weighted by molar-refractivity contribution is -0.526. The van der Waals surface area contributed by atoms with E-state index in [4.69, 9.17) is 9.47 Å². The van der Waals surface area contributed by atoms with Gasteiger partial charge in [-0.25, -0.2) is 0 Å². The van der Waals surface area contributed by atoms with Gasteiger partial charge in [-0.2, -0.15) is 0 Å². The van der Waals surface area contributed by atoms with E-state index in [-0.39, 0.29) is 10.8 Å². The Morgan fingerprint density at radius 3 is 2.36 bits per heavy atom. The largest absolute Gasteiger partial charge is 0.493 e. The smallest absolute Gasteiger partial charge is 0.262 e. The summed E-state index contributed by atoms with van der Waals surface area (Å²) in [5, 5.41) is 15.2. The molecule has 2 aromatic rings. The fourth-order valence-corrected chi connectivity index (χ4v) is 5.80. The molecule has 7 nitrogen and oxygen atoms in total. The van der Waals surface area contributed by atoms with Gasteiger partial charge in [0.05, 0.1) is 25.0 Å². The minimum atomic E-state index is -0.821. The van der Waals surface area contributed by atoms with Crippen molar-refractivity contribution in [3.8, 4) is 11.5 Å². The molecule has 0 spiro atoms. The Morgan fingerprint density at radius 2 is 1.82 bits per heavy atom. The molecule has 180 valence electrons. The standard InChI is InChI=1S/C25H34N2O5S/c1-14(2)10-16-12-18(23(33-16)24(28)26-25(3,4)5)22-17-13-21(32-7)20(31-6)11-15(17)8-9-19(22)27(29)30/h11-14,19,22H,8-10H2,1-7H3,(H,26,28)/t19-,22+/m0/s1. The minimum Gasteiger partial charge on any atom is -0.493 e. The average Bonchev–Trinajstić information content (AvgIpc) is 3.13. The Kier molecular flexibility index (Phi) is 7.36. The summed E-state index contributed by atoms with van der Waals surface area (Å²) in [4.78, 5) is 26.9. The van der Waals surface area contributed by atoms with Gasteiger partial charge in [0.2, 0.25) is 6.04 Å². The third-order valence-electron chi connectivity index (χ3n) is 5.80. The Morgan fingerprint density at radius 1 is 1.18 bits per heavy atom. The summed E-state index contributed by atoms with van der Waals surface area (Å²) in [6.45, 7) is 10.0. The van der Waals surface area contributed by atoms with Crippen LogP contribution in [-0.4, -0.2) is 36.6 Å². The number of benzene rings is 1. The topological polar surface area (TPSA) is 90.7 Å². The summed E-state index contributed by atoms with van der Waals surface area (Å²) >= 11 is 1.45. The van der Waals surface area contributed by atoms with Crippen molar-refractivity contribution in [1.29, 1.82) is 0 Å². The molecule has 1 amide bonds. The zero-order chi connectivity index (χ0) is 24.5. The van der Waals surface area contributed by atoms with E-state index in [0.29, 0.717) is 35.1 Å². The number of amides is 1. The number of ether oxygens (including phenoxy) is 2. The van der Waals surface area contributed by atoms with Crippen molar-refractivity contribution in [2.75, 3.05) is 14.2 Å². The Labute approximate surface area is 199 Å². The molecule has 2 atom stereocenters. The number of aryl methyl sites for hydroxylation is 1. The molecule has 1 N–H and O–H groups in total. The van der Waals surface area contributed by atoms with E-state index in [0.717, 1.165) is 28.0 Å². The van der Waals surface area contributed by atoms with Gasteiger partial charge in [0.1, 0.15) is 0 Å². The van der Waals surface area contributed by atoms with E-state index < -0.39 is 17.5 Å². The maximum Gasteiger partial charge on any atom is 0.262 e. The van der Waals surface area contributed by atoms with E-state index >= 15 is 0 Å². The van der Waals surface area contributed by atoms with Crippen LogP contribution in [0.1, 0.15) is 78.2 Å². The number of hydrogen-bond donors (Lipinski definition) is 1. The SMILES string of the molecule is COc1cc2c(cc1OC)[C@H](c1cc(CC(C)C)sc1C(=O)NC(C)(C)C)[C@@H]([N+](=O)[O-])CC2. The number of nitrogens with zero attached hydrogens (tertiary/aromatic N) is 1. The lowest BCUT2D eigenvalue weighted by Gasteiger charge is -2.30. The van der Waals surface area contributed by atoms with Crippen molar-refractivity contribution in [2.24, 2.45) is 5.92 Å². The predicted molar refractivity (Wildman–Crippen MR) is 131 cm³/mol. The van der Waals surface area contributed by atoms with Crippen LogP contribution in [0.25, 0.3) is 0 Å². The zero-order valence-corrected chi connectivity index (χ0v) is 21.3. The van der Waals surface area contributed by atoms with Crippen LogP contribution in [0.5, 0.6) is 11.5 Å². The lowest BCUT2D eigenvalue weighted by Crippen LogP contribution is -2.41. The van der Waals surface area contributed by atoms with Crippen molar-refractivity contribution in [1.82, 2.24) is 5.32 Å². The van der Waals surface area contributed by atoms with Gasteiger partial charge >= 0.3 is 0 Å². The third kappa shape index (κ3) is 5.49. The minimum absolute atomic E-state index is 0.188. The van der Waals surface area contributed by atoms with Gasteiger partial charge in [-0.15, -0.1) is 11.3 Å². The van der Waals surface area contributed by atoms with E-state index in [1.165, 1.54) is 11.3 Å². The Balaban J connectivity index is 2.22. The highest BCUT2D eigenvalue weighted by atomic mass is 32.1. The molecule has 0 saturated carbocycles. The van der Waals surface area contributed by atoms with Gasteiger partial charge in [0, 0.05) is 21.8 Å². The van der Waals surface area contributed by atoms with Gasteiger partial charge in [0.15, 0.2) is 11.5 Å². The average molecular weight is 475 g/mol. The number of fused-ring (bicyclic) bond motifs is 1. The fourth-order valence-electron chi connectivity index (χ4n) is 4.49. The first-order valence-corrected chi connectivity index (χ1v) is 12.1. The highest BCUT2D eigenvalue weighted by Gasteiger charge is 2.42. The van der Waals surface area contributed by atoms with Crippen LogP contribution < -0.4 is 14.8 Å². The number of thiophene rings is 1. The maximum absolute atomic E-state index is 13.3. The molecular weight excluding hydrogens is 440 g/mol. The van der Waals surface area contributed by atoms with Crippen LogP contribution in [0, 0.1) is 16.0 Å². The highest BCUT2D eigenvalue weighted by Crippen LogP contribution is 2.45. The highest BCUT2D eigenvalue weighted by molar-refractivity contribution is 7.14. The molecule has 1 aromatic carbocycles. The van der Waals surface area contributed by atoms with Gasteiger partial charge in [-0.05, 0) is 74.4 Å². The number of hydrogen-bond acceptors (Lipinski definition) is 6. The zero-order valence-electron chi connectivity index (χ0n) is 20.5. The van der Waals surface area contributed by atoms with Gasteiger partial charge < -0.3 is 14.8 Å². The second-order valence-corrected chi connectivity index (χ2v) is 11.2. The predicted octanol–water partition coefficient (Wildman–Crippen LogP) is 5.22. The van der Waals surface area contributed by atoms with Gasteiger partial charge in [-0.1, -0.05) is 13.8 Å². The number of carbonyl (C=O) groups excluding carboxylic acids is 1. The summed E-state index contributed by atoms with van der Waals surface area (Å²) in [5.41, 5.74) is 2.14. The Bertz CT molecular complexity index is 1040. The molecule has 33 heavy (non-hydrogen) atoms. The molecule has 1 aliphatic rings. The molecule has 0 radical (unpaired) electrons. The monoisotopic (exact) mass is 474 g/mol. The third-order valence-corrected chi connectivity index (χ3v) is 6.97. The van der Waals surface area contributed by atoms with E-state index in [1.54, 1.807) is 14.2 Å². The molecule has 8 heteroatoms. The maximum atomic E-state index is 13.3. The molecule has 0 fully saturated rings. The molecule has 1 aromatic heterocycles. The molecule has 3 rings (SSSR count). The fraction of sp³-hybridized carbons (Fsp3) is 0.560. The molecule has 1 heterocycles. The second-order valence-electron chi connectivity index (χ2n) is 10.1. The van der Waals surface area contributed by atoms with Crippen molar-refractivity contribution < 1.29 is 19.2 Å². The van der Waals surface area contributed by atoms with Crippen LogP contribution >= 0.6 is 11.3 Å². The number of methoxy groups -OCH3 is 2. The first-order valence-electron chi connectivity index (χ1n) is 11.3. The summed E-state index contributed by atoms with van der Waals surface area (Å²) in [6, 6.07) is 4.95. The second kappa shape index (κ2) is 9.71. The van der Waals surface area contributed by atoms with Crippen LogP contribution in [-0.2, 0) is 12.8 Å². The quantitative estimate of drug-likeness (QED) is 0.439. The number of nitrogens with one attached hydrogen (secondary N) is 1. The summed E-state index contributed by atoms with van der Waals surface area (Å²) in [6.07, 6.45) is 1.79. The molecule has 0 aliphatic heterocycles.